The number of piperazine rings is 1. The Labute approximate surface area is 118 Å². The molecule has 1 aliphatic heterocycles. The topological polar surface area (TPSA) is 26.7 Å². The molecule has 1 fully saturated rings. The first-order valence-corrected chi connectivity index (χ1v) is 6.83. The molecule has 100 valence electrons. The lowest BCUT2D eigenvalue weighted by Crippen LogP contribution is -2.52. The second-order valence-corrected chi connectivity index (χ2v) is 5.55. The van der Waals surface area contributed by atoms with E-state index in [2.05, 4.69) is 9.80 Å². The zero-order valence-electron chi connectivity index (χ0n) is 10.4. The lowest BCUT2D eigenvalue weighted by molar-refractivity contribution is 0.0540. The maximum Gasteiger partial charge on any atom is 0.0637 e. The van der Waals surface area contributed by atoms with E-state index in [-0.39, 0.29) is 12.6 Å². The minimum Gasteiger partial charge on any atom is -0.395 e. The average Bonchev–Trinajstić information content (AvgIpc) is 2.37. The summed E-state index contributed by atoms with van der Waals surface area (Å²) in [6, 6.07) is 5.93. The predicted octanol–water partition coefficient (Wildman–Crippen LogP) is 2.10. The van der Waals surface area contributed by atoms with Gasteiger partial charge in [-0.05, 0) is 18.7 Å². The molecule has 1 aliphatic rings. The highest BCUT2D eigenvalue weighted by Gasteiger charge is 2.24. The highest BCUT2D eigenvalue weighted by atomic mass is 35.5. The van der Waals surface area contributed by atoms with Crippen LogP contribution in [0.15, 0.2) is 18.2 Å². The Kier molecular flexibility index (Phi) is 4.87. The number of hydrogen-bond acceptors (Lipinski definition) is 3. The number of benzene rings is 1. The van der Waals surface area contributed by atoms with Gasteiger partial charge in [0.2, 0.25) is 0 Å². The van der Waals surface area contributed by atoms with Crippen molar-refractivity contribution in [3.05, 3.63) is 33.8 Å². The Morgan fingerprint density at radius 2 is 2.11 bits per heavy atom. The summed E-state index contributed by atoms with van der Waals surface area (Å²) in [6.45, 7) is 3.77. The highest BCUT2D eigenvalue weighted by Crippen LogP contribution is 2.27. The van der Waals surface area contributed by atoms with E-state index in [0.29, 0.717) is 10.0 Å². The third kappa shape index (κ3) is 3.16. The van der Waals surface area contributed by atoms with Gasteiger partial charge in [0, 0.05) is 32.2 Å². The fraction of sp³-hybridized carbons (Fsp3) is 0.538. The van der Waals surface area contributed by atoms with Gasteiger partial charge in [-0.25, -0.2) is 0 Å². The van der Waals surface area contributed by atoms with E-state index >= 15 is 0 Å². The fourth-order valence-electron chi connectivity index (χ4n) is 2.26. The first kappa shape index (κ1) is 14.1. The Balaban J connectivity index is 2.03. The van der Waals surface area contributed by atoms with Crippen LogP contribution in [0.5, 0.6) is 0 Å². The minimum atomic E-state index is 0.191. The van der Waals surface area contributed by atoms with Gasteiger partial charge in [0.05, 0.1) is 16.7 Å². The van der Waals surface area contributed by atoms with Gasteiger partial charge in [0.25, 0.3) is 0 Å². The fourth-order valence-corrected chi connectivity index (χ4v) is 2.64. The van der Waals surface area contributed by atoms with Crippen molar-refractivity contribution >= 4 is 23.2 Å². The summed E-state index contributed by atoms with van der Waals surface area (Å²) >= 11 is 12.2. The van der Waals surface area contributed by atoms with Gasteiger partial charge < -0.3 is 5.11 Å². The molecule has 0 spiro atoms. The molecule has 1 aromatic carbocycles. The van der Waals surface area contributed by atoms with E-state index < -0.39 is 0 Å². The van der Waals surface area contributed by atoms with Crippen molar-refractivity contribution in [2.75, 3.05) is 33.3 Å². The molecule has 3 nitrogen and oxygen atoms in total. The third-order valence-electron chi connectivity index (χ3n) is 3.50. The summed E-state index contributed by atoms with van der Waals surface area (Å²) in [7, 11) is 2.05. The quantitative estimate of drug-likeness (QED) is 0.923. The summed E-state index contributed by atoms with van der Waals surface area (Å²) in [5.41, 5.74) is 1.05. The zero-order chi connectivity index (χ0) is 13.1. The Morgan fingerprint density at radius 1 is 1.33 bits per heavy atom. The zero-order valence-corrected chi connectivity index (χ0v) is 12.0. The lowest BCUT2D eigenvalue weighted by Gasteiger charge is -2.38. The van der Waals surface area contributed by atoms with Crippen LogP contribution in [-0.2, 0) is 6.54 Å². The van der Waals surface area contributed by atoms with Crippen molar-refractivity contribution in [2.24, 2.45) is 0 Å². The number of rotatable bonds is 3. The standard InChI is InChI=1S/C13H18Cl2N2O/c1-16-5-6-17(8-11(16)9-18)7-10-3-2-4-12(14)13(10)15/h2-4,11,18H,5-9H2,1H3/t11-/m1/s1. The molecule has 1 heterocycles. The summed E-state index contributed by atoms with van der Waals surface area (Å²) in [6.07, 6.45) is 0. The third-order valence-corrected chi connectivity index (χ3v) is 4.36. The van der Waals surface area contributed by atoms with Crippen LogP contribution in [0.1, 0.15) is 5.56 Å². The number of aliphatic hydroxyl groups excluding tert-OH is 1. The summed E-state index contributed by atoms with van der Waals surface area (Å²) in [4.78, 5) is 4.49. The van der Waals surface area contributed by atoms with Crippen molar-refractivity contribution in [2.45, 2.75) is 12.6 Å². The molecule has 0 aromatic heterocycles. The molecule has 0 unspecified atom stereocenters. The molecular weight excluding hydrogens is 271 g/mol. The molecule has 0 bridgehead atoms. The van der Waals surface area contributed by atoms with Gasteiger partial charge in [-0.15, -0.1) is 0 Å². The number of aliphatic hydroxyl groups is 1. The van der Waals surface area contributed by atoms with E-state index in [1.165, 1.54) is 0 Å². The molecule has 5 heteroatoms. The first-order chi connectivity index (χ1) is 8.61. The van der Waals surface area contributed by atoms with Gasteiger partial charge in [0.1, 0.15) is 0 Å². The van der Waals surface area contributed by atoms with E-state index in [4.69, 9.17) is 23.2 Å². The molecule has 2 rings (SSSR count). The number of nitrogens with zero attached hydrogens (tertiary/aromatic N) is 2. The number of hydrogen-bond donors (Lipinski definition) is 1. The van der Waals surface area contributed by atoms with Crippen LogP contribution >= 0.6 is 23.2 Å². The maximum absolute atomic E-state index is 9.33. The van der Waals surface area contributed by atoms with Gasteiger partial charge in [-0.1, -0.05) is 35.3 Å². The number of halogens is 2. The molecule has 0 radical (unpaired) electrons. The van der Waals surface area contributed by atoms with Crippen LogP contribution < -0.4 is 0 Å². The van der Waals surface area contributed by atoms with Crippen LogP contribution in [0, 0.1) is 0 Å². The summed E-state index contributed by atoms with van der Waals surface area (Å²) in [5, 5.41) is 10.6. The second-order valence-electron chi connectivity index (χ2n) is 4.77. The van der Waals surface area contributed by atoms with Gasteiger partial charge in [-0.3, -0.25) is 9.80 Å². The van der Waals surface area contributed by atoms with Crippen LogP contribution in [0.4, 0.5) is 0 Å². The van der Waals surface area contributed by atoms with E-state index in [0.717, 1.165) is 31.7 Å². The van der Waals surface area contributed by atoms with Crippen molar-refractivity contribution in [3.63, 3.8) is 0 Å². The molecule has 0 aliphatic carbocycles. The average molecular weight is 289 g/mol. The molecule has 0 saturated carbocycles. The van der Waals surface area contributed by atoms with Crippen molar-refractivity contribution < 1.29 is 5.11 Å². The van der Waals surface area contributed by atoms with Gasteiger partial charge >= 0.3 is 0 Å². The molecule has 0 amide bonds. The predicted molar refractivity (Wildman–Crippen MR) is 75.2 cm³/mol. The van der Waals surface area contributed by atoms with Crippen molar-refractivity contribution in [3.8, 4) is 0 Å². The molecule has 1 atom stereocenters. The van der Waals surface area contributed by atoms with E-state index in [1.54, 1.807) is 6.07 Å². The highest BCUT2D eigenvalue weighted by molar-refractivity contribution is 6.42. The maximum atomic E-state index is 9.33. The Hall–Kier alpha value is -0.320. The van der Waals surface area contributed by atoms with E-state index in [1.807, 2.05) is 19.2 Å². The molecule has 18 heavy (non-hydrogen) atoms. The van der Waals surface area contributed by atoms with Crippen LogP contribution in [0.2, 0.25) is 10.0 Å². The van der Waals surface area contributed by atoms with Crippen molar-refractivity contribution in [1.82, 2.24) is 9.80 Å². The smallest absolute Gasteiger partial charge is 0.0637 e. The lowest BCUT2D eigenvalue weighted by atomic mass is 10.1. The summed E-state index contributed by atoms with van der Waals surface area (Å²) in [5.74, 6) is 0. The monoisotopic (exact) mass is 288 g/mol. The molecular formula is C13H18Cl2N2O. The van der Waals surface area contributed by atoms with Crippen LogP contribution in [0.25, 0.3) is 0 Å². The molecule has 1 saturated heterocycles. The SMILES string of the molecule is CN1CCN(Cc2cccc(Cl)c2Cl)C[C@@H]1CO. The van der Waals surface area contributed by atoms with E-state index in [9.17, 15) is 5.11 Å². The largest absolute Gasteiger partial charge is 0.395 e. The van der Waals surface area contributed by atoms with Crippen LogP contribution in [0.3, 0.4) is 0 Å². The first-order valence-electron chi connectivity index (χ1n) is 6.08. The van der Waals surface area contributed by atoms with Crippen molar-refractivity contribution in [1.29, 1.82) is 0 Å². The molecule has 1 aromatic rings. The Bertz CT molecular complexity index is 414. The summed E-state index contributed by atoms with van der Waals surface area (Å²) < 4.78 is 0. The molecule has 1 N–H and O–H groups in total. The van der Waals surface area contributed by atoms with Gasteiger partial charge in [0.15, 0.2) is 0 Å². The van der Waals surface area contributed by atoms with Gasteiger partial charge in [-0.2, -0.15) is 0 Å². The van der Waals surface area contributed by atoms with Crippen LogP contribution in [-0.4, -0.2) is 54.2 Å². The Morgan fingerprint density at radius 3 is 2.83 bits per heavy atom. The second kappa shape index (κ2) is 6.22. The minimum absolute atomic E-state index is 0.191. The number of likely N-dealkylation sites (N-methyl/N-ethyl adjacent to an activating group) is 1. The normalized spacial score (nSPS) is 22.3.